The molecule has 0 aliphatic rings. The van der Waals surface area contributed by atoms with Crippen molar-refractivity contribution in [2.45, 2.75) is 38.3 Å². The van der Waals surface area contributed by atoms with Gasteiger partial charge in [-0.15, -0.1) is 0 Å². The van der Waals surface area contributed by atoms with Crippen molar-refractivity contribution in [2.24, 2.45) is 0 Å². The lowest BCUT2D eigenvalue weighted by atomic mass is 10.0. The van der Waals surface area contributed by atoms with Crippen LogP contribution in [0.3, 0.4) is 0 Å². The van der Waals surface area contributed by atoms with Crippen LogP contribution in [-0.2, 0) is 47.7 Å². The van der Waals surface area contributed by atoms with Gasteiger partial charge in [0.1, 0.15) is 25.4 Å². The number of ketones is 1. The number of Topliss-reactive ketones (excluding diaryl/α,β-unsaturated/α-hetero) is 1. The summed E-state index contributed by atoms with van der Waals surface area (Å²) in [5.41, 5.74) is -1.63. The normalized spacial score (nSPS) is 11.7. The summed E-state index contributed by atoms with van der Waals surface area (Å²) in [5, 5.41) is 10.4. The van der Waals surface area contributed by atoms with Gasteiger partial charge in [0.15, 0.2) is 11.9 Å². The number of hydrogen-bond donors (Lipinski definition) is 4. The molecule has 0 aromatic rings. The second-order valence-corrected chi connectivity index (χ2v) is 7.62. The maximum Gasteiger partial charge on any atom is 0.319 e. The molecule has 0 saturated carbocycles. The number of hydrogen-bond acceptors (Lipinski definition) is 13. The zero-order chi connectivity index (χ0) is 26.9. The molecule has 0 heterocycles. The predicted molar refractivity (Wildman–Crippen MR) is 121 cm³/mol. The van der Waals surface area contributed by atoms with Crippen LogP contribution in [0, 0.1) is 0 Å². The Morgan fingerprint density at radius 1 is 0.714 bits per heavy atom. The lowest BCUT2D eigenvalue weighted by Crippen LogP contribution is -2.59. The zero-order valence-electron chi connectivity index (χ0n) is 20.8. The van der Waals surface area contributed by atoms with Crippen LogP contribution < -0.4 is 21.3 Å². The molecule has 0 spiro atoms. The third-order valence-corrected chi connectivity index (χ3v) is 4.29. The minimum Gasteiger partial charge on any atom is -0.462 e. The lowest BCUT2D eigenvalue weighted by Gasteiger charge is -2.33. The number of nitrogens with one attached hydrogen (secondary N) is 4. The maximum atomic E-state index is 12.7. The van der Waals surface area contributed by atoms with E-state index < -0.39 is 67.0 Å². The highest BCUT2D eigenvalue weighted by Gasteiger charge is 2.37. The van der Waals surface area contributed by atoms with E-state index in [1.165, 1.54) is 28.1 Å². The molecule has 14 heteroatoms. The van der Waals surface area contributed by atoms with E-state index in [1.807, 2.05) is 0 Å². The Hall–Kier alpha value is -3.10. The van der Waals surface area contributed by atoms with Gasteiger partial charge in [-0.2, -0.15) is 0 Å². The Labute approximate surface area is 204 Å². The van der Waals surface area contributed by atoms with E-state index in [9.17, 15) is 28.8 Å². The second kappa shape index (κ2) is 17.4. The smallest absolute Gasteiger partial charge is 0.319 e. The van der Waals surface area contributed by atoms with E-state index in [0.717, 1.165) is 6.92 Å². The van der Waals surface area contributed by atoms with Gasteiger partial charge in [-0.25, -0.2) is 0 Å². The highest BCUT2D eigenvalue weighted by atomic mass is 16.6. The highest BCUT2D eigenvalue weighted by molar-refractivity contribution is 5.89. The first-order valence-corrected chi connectivity index (χ1v) is 10.9. The standard InChI is InChI=1S/C21H36N4O10/c1-14(35-15(2)26)16(27)6-7-17(28)25-21(11-32-18(29)8-22-3,12-33-19(30)9-23-4)13-34-20(31)10-24-5/h14,22-24H,6-13H2,1-5H3,(H,25,28). The molecule has 0 aliphatic carbocycles. The van der Waals surface area contributed by atoms with Gasteiger partial charge in [-0.1, -0.05) is 0 Å². The molecule has 0 aliphatic heterocycles. The zero-order valence-corrected chi connectivity index (χ0v) is 20.8. The van der Waals surface area contributed by atoms with E-state index in [0.29, 0.717) is 0 Å². The van der Waals surface area contributed by atoms with Crippen molar-refractivity contribution in [2.75, 3.05) is 60.6 Å². The second-order valence-electron chi connectivity index (χ2n) is 7.62. The fraction of sp³-hybridized carbons (Fsp3) is 0.714. The summed E-state index contributed by atoms with van der Waals surface area (Å²) in [4.78, 5) is 71.6. The predicted octanol–water partition coefficient (Wildman–Crippen LogP) is -2.57. The third kappa shape index (κ3) is 14.7. The number of esters is 4. The number of rotatable bonds is 18. The van der Waals surface area contributed by atoms with Crippen LogP contribution >= 0.6 is 0 Å². The van der Waals surface area contributed by atoms with Crippen molar-refractivity contribution in [1.29, 1.82) is 0 Å². The first-order chi connectivity index (χ1) is 16.5. The molecule has 0 fully saturated rings. The number of carbonyl (C=O) groups is 6. The number of carbonyl (C=O) groups excluding carboxylic acids is 6. The molecule has 200 valence electrons. The maximum absolute atomic E-state index is 12.7. The molecule has 1 unspecified atom stereocenters. The average molecular weight is 505 g/mol. The topological polar surface area (TPSA) is 187 Å². The van der Waals surface area contributed by atoms with Crippen LogP contribution in [0.2, 0.25) is 0 Å². The Morgan fingerprint density at radius 2 is 1.11 bits per heavy atom. The minimum absolute atomic E-state index is 0.133. The summed E-state index contributed by atoms with van der Waals surface area (Å²) in [6.45, 7) is 0.674. The molecular formula is C21H36N4O10. The Bertz CT molecular complexity index is 689. The molecule has 0 aromatic heterocycles. The molecule has 1 amide bonds. The average Bonchev–Trinajstić information content (AvgIpc) is 2.78. The van der Waals surface area contributed by atoms with E-state index in [-0.39, 0.29) is 32.5 Å². The van der Waals surface area contributed by atoms with Crippen molar-refractivity contribution in [1.82, 2.24) is 21.3 Å². The van der Waals surface area contributed by atoms with Crippen LogP contribution in [0.15, 0.2) is 0 Å². The first-order valence-electron chi connectivity index (χ1n) is 10.9. The highest BCUT2D eigenvalue weighted by Crippen LogP contribution is 2.12. The van der Waals surface area contributed by atoms with Gasteiger partial charge >= 0.3 is 23.9 Å². The number of ether oxygens (including phenoxy) is 4. The van der Waals surface area contributed by atoms with E-state index in [2.05, 4.69) is 21.3 Å². The van der Waals surface area contributed by atoms with Crippen molar-refractivity contribution in [3.05, 3.63) is 0 Å². The van der Waals surface area contributed by atoms with Crippen molar-refractivity contribution in [3.63, 3.8) is 0 Å². The van der Waals surface area contributed by atoms with Gasteiger partial charge in [0.25, 0.3) is 0 Å². The van der Waals surface area contributed by atoms with Crippen LogP contribution in [0.4, 0.5) is 0 Å². The quantitative estimate of drug-likeness (QED) is 0.113. The lowest BCUT2D eigenvalue weighted by molar-refractivity contribution is -0.158. The minimum atomic E-state index is -1.63. The summed E-state index contributed by atoms with van der Waals surface area (Å²) in [7, 11) is 4.59. The van der Waals surface area contributed by atoms with Crippen LogP contribution in [-0.4, -0.2) is 108 Å². The largest absolute Gasteiger partial charge is 0.462 e. The van der Waals surface area contributed by atoms with Crippen molar-refractivity contribution < 1.29 is 47.7 Å². The van der Waals surface area contributed by atoms with E-state index >= 15 is 0 Å². The fourth-order valence-corrected chi connectivity index (χ4v) is 2.59. The van der Waals surface area contributed by atoms with Crippen molar-refractivity contribution >= 4 is 35.6 Å². The monoisotopic (exact) mass is 504 g/mol. The summed E-state index contributed by atoms with van der Waals surface area (Å²) in [5.74, 6) is -3.79. The molecule has 35 heavy (non-hydrogen) atoms. The first kappa shape index (κ1) is 31.9. The number of amides is 1. The molecule has 0 saturated heterocycles. The van der Waals surface area contributed by atoms with Crippen molar-refractivity contribution in [3.8, 4) is 0 Å². The van der Waals surface area contributed by atoms with Gasteiger partial charge in [0.05, 0.1) is 19.6 Å². The summed E-state index contributed by atoms with van der Waals surface area (Å²) in [6.07, 6.45) is -1.60. The fourth-order valence-electron chi connectivity index (χ4n) is 2.59. The van der Waals surface area contributed by atoms with Gasteiger partial charge < -0.3 is 40.2 Å². The van der Waals surface area contributed by atoms with Crippen LogP contribution in [0.5, 0.6) is 0 Å². The summed E-state index contributed by atoms with van der Waals surface area (Å²) < 4.78 is 20.4. The molecule has 0 rings (SSSR count). The van der Waals surface area contributed by atoms with Gasteiger partial charge in [-0.05, 0) is 28.1 Å². The number of likely N-dealkylation sites (N-methyl/N-ethyl adjacent to an activating group) is 3. The Morgan fingerprint density at radius 3 is 1.46 bits per heavy atom. The molecule has 0 bridgehead atoms. The molecule has 4 N–H and O–H groups in total. The molecule has 1 atom stereocenters. The molecule has 0 radical (unpaired) electrons. The third-order valence-electron chi connectivity index (χ3n) is 4.29. The summed E-state index contributed by atoms with van der Waals surface area (Å²) in [6, 6.07) is 0. The van der Waals surface area contributed by atoms with Crippen LogP contribution in [0.1, 0.15) is 26.7 Å². The Kier molecular flexibility index (Phi) is 15.8. The molecular weight excluding hydrogens is 468 g/mol. The molecule has 0 aromatic carbocycles. The van der Waals surface area contributed by atoms with Crippen LogP contribution in [0.25, 0.3) is 0 Å². The van der Waals surface area contributed by atoms with E-state index in [4.69, 9.17) is 18.9 Å². The van der Waals surface area contributed by atoms with E-state index in [1.54, 1.807) is 0 Å². The van der Waals surface area contributed by atoms with Gasteiger partial charge in [0.2, 0.25) is 5.91 Å². The Balaban J connectivity index is 5.57. The SMILES string of the molecule is CNCC(=O)OCC(COC(=O)CNC)(COC(=O)CNC)NC(=O)CCC(=O)C(C)OC(C)=O. The van der Waals surface area contributed by atoms with Gasteiger partial charge in [0, 0.05) is 19.8 Å². The van der Waals surface area contributed by atoms with Gasteiger partial charge in [-0.3, -0.25) is 28.8 Å². The summed E-state index contributed by atoms with van der Waals surface area (Å²) >= 11 is 0. The molecule has 14 nitrogen and oxygen atoms in total.